The molecule has 0 aromatic heterocycles. The van der Waals surface area contributed by atoms with Gasteiger partial charge in [0.15, 0.2) is 18.2 Å². The third kappa shape index (κ3) is 4.49. The van der Waals surface area contributed by atoms with Gasteiger partial charge in [-0.1, -0.05) is 6.07 Å². The number of ether oxygens (including phenoxy) is 3. The molecule has 1 fully saturated rings. The summed E-state index contributed by atoms with van der Waals surface area (Å²) in [6.45, 7) is 1.08. The molecule has 0 spiro atoms. The van der Waals surface area contributed by atoms with E-state index in [9.17, 15) is 13.6 Å². The van der Waals surface area contributed by atoms with Gasteiger partial charge in [0.2, 0.25) is 0 Å². The zero-order valence-corrected chi connectivity index (χ0v) is 14.3. The molecule has 1 aliphatic rings. The lowest BCUT2D eigenvalue weighted by Gasteiger charge is -2.38. The Labute approximate surface area is 150 Å². The van der Waals surface area contributed by atoms with Crippen LogP contribution in [0.25, 0.3) is 0 Å². The summed E-state index contributed by atoms with van der Waals surface area (Å²) in [6.07, 6.45) is -0.0880. The number of halogens is 2. The number of hydrogen-bond donors (Lipinski definition) is 0. The molecular formula is C19H19F2NO4. The molecule has 5 nitrogen and oxygen atoms in total. The Balaban J connectivity index is 1.37. The molecule has 3 rings (SSSR count). The SMILES string of the molecule is COc1ccc(COC2CN(C(=O)COc3ccc(F)cc3)C2)cc1F. The fourth-order valence-electron chi connectivity index (χ4n) is 2.53. The third-order valence-corrected chi connectivity index (χ3v) is 4.08. The number of carbonyl (C=O) groups excluding carboxylic acids is 1. The minimum absolute atomic E-state index is 0.0880. The number of benzene rings is 2. The van der Waals surface area contributed by atoms with E-state index in [1.807, 2.05) is 0 Å². The van der Waals surface area contributed by atoms with E-state index in [0.29, 0.717) is 24.4 Å². The molecule has 1 saturated heterocycles. The van der Waals surface area contributed by atoms with Gasteiger partial charge in [-0.2, -0.15) is 0 Å². The summed E-state index contributed by atoms with van der Waals surface area (Å²) in [5.41, 5.74) is 0.702. The smallest absolute Gasteiger partial charge is 0.260 e. The molecule has 138 valence electrons. The van der Waals surface area contributed by atoms with Gasteiger partial charge in [0.05, 0.1) is 19.8 Å². The molecule has 7 heteroatoms. The molecule has 0 atom stereocenters. The second kappa shape index (κ2) is 8.14. The van der Waals surface area contributed by atoms with E-state index in [1.54, 1.807) is 17.0 Å². The van der Waals surface area contributed by atoms with Gasteiger partial charge < -0.3 is 19.1 Å². The van der Waals surface area contributed by atoms with Crippen LogP contribution in [0.15, 0.2) is 42.5 Å². The van der Waals surface area contributed by atoms with Crippen LogP contribution in [0, 0.1) is 11.6 Å². The topological polar surface area (TPSA) is 48.0 Å². The van der Waals surface area contributed by atoms with Crippen molar-refractivity contribution in [3.05, 3.63) is 59.7 Å². The second-order valence-corrected chi connectivity index (χ2v) is 5.94. The van der Waals surface area contributed by atoms with E-state index in [2.05, 4.69) is 0 Å². The molecule has 2 aromatic rings. The highest BCUT2D eigenvalue weighted by Gasteiger charge is 2.31. The Kier molecular flexibility index (Phi) is 5.68. The maximum absolute atomic E-state index is 13.6. The van der Waals surface area contributed by atoms with Crippen LogP contribution in [-0.2, 0) is 16.1 Å². The summed E-state index contributed by atoms with van der Waals surface area (Å²) in [5, 5.41) is 0. The first-order valence-electron chi connectivity index (χ1n) is 8.15. The van der Waals surface area contributed by atoms with Crippen LogP contribution < -0.4 is 9.47 Å². The predicted molar refractivity (Wildman–Crippen MR) is 90.0 cm³/mol. The van der Waals surface area contributed by atoms with E-state index >= 15 is 0 Å². The molecule has 0 radical (unpaired) electrons. The van der Waals surface area contributed by atoms with Crippen LogP contribution in [0.4, 0.5) is 8.78 Å². The van der Waals surface area contributed by atoms with Crippen molar-refractivity contribution in [1.82, 2.24) is 4.90 Å². The highest BCUT2D eigenvalue weighted by Crippen LogP contribution is 2.20. The molecule has 0 saturated carbocycles. The van der Waals surface area contributed by atoms with Crippen LogP contribution in [-0.4, -0.2) is 43.7 Å². The molecule has 0 N–H and O–H groups in total. The Bertz CT molecular complexity index is 761. The second-order valence-electron chi connectivity index (χ2n) is 5.94. The monoisotopic (exact) mass is 363 g/mol. The van der Waals surface area contributed by atoms with Gasteiger partial charge in [-0.25, -0.2) is 8.78 Å². The van der Waals surface area contributed by atoms with E-state index in [4.69, 9.17) is 14.2 Å². The molecule has 0 unspecified atom stereocenters. The van der Waals surface area contributed by atoms with Crippen molar-refractivity contribution in [1.29, 1.82) is 0 Å². The molecule has 1 aliphatic heterocycles. The van der Waals surface area contributed by atoms with Crippen LogP contribution in [0.1, 0.15) is 5.56 Å². The highest BCUT2D eigenvalue weighted by atomic mass is 19.1. The fourth-order valence-corrected chi connectivity index (χ4v) is 2.53. The van der Waals surface area contributed by atoms with Crippen molar-refractivity contribution < 1.29 is 27.8 Å². The molecule has 2 aromatic carbocycles. The first-order chi connectivity index (χ1) is 12.5. The van der Waals surface area contributed by atoms with E-state index < -0.39 is 5.82 Å². The van der Waals surface area contributed by atoms with Gasteiger partial charge >= 0.3 is 0 Å². The summed E-state index contributed by atoms with van der Waals surface area (Å²) >= 11 is 0. The lowest BCUT2D eigenvalue weighted by Crippen LogP contribution is -2.55. The molecule has 1 amide bonds. The average Bonchev–Trinajstić information content (AvgIpc) is 2.60. The van der Waals surface area contributed by atoms with Gasteiger partial charge in [-0.3, -0.25) is 4.79 Å². The maximum atomic E-state index is 13.6. The maximum Gasteiger partial charge on any atom is 0.260 e. The number of methoxy groups -OCH3 is 1. The van der Waals surface area contributed by atoms with Gasteiger partial charge in [-0.05, 0) is 42.0 Å². The van der Waals surface area contributed by atoms with Crippen LogP contribution >= 0.6 is 0 Å². The summed E-state index contributed by atoms with van der Waals surface area (Å²) in [7, 11) is 1.41. The number of amides is 1. The minimum atomic E-state index is -0.433. The lowest BCUT2D eigenvalue weighted by atomic mass is 10.1. The third-order valence-electron chi connectivity index (χ3n) is 4.08. The molecule has 0 bridgehead atoms. The highest BCUT2D eigenvalue weighted by molar-refractivity contribution is 5.78. The molecule has 0 aliphatic carbocycles. The Hall–Kier alpha value is -2.67. The quantitative estimate of drug-likeness (QED) is 0.759. The lowest BCUT2D eigenvalue weighted by molar-refractivity contribution is -0.148. The number of rotatable bonds is 7. The van der Waals surface area contributed by atoms with Crippen molar-refractivity contribution >= 4 is 5.91 Å². The first kappa shape index (κ1) is 18.1. The number of carbonyl (C=O) groups is 1. The number of likely N-dealkylation sites (tertiary alicyclic amines) is 1. The first-order valence-corrected chi connectivity index (χ1v) is 8.15. The number of nitrogens with zero attached hydrogens (tertiary/aromatic N) is 1. The van der Waals surface area contributed by atoms with Crippen LogP contribution in [0.3, 0.4) is 0 Å². The summed E-state index contributed by atoms with van der Waals surface area (Å²) in [5.74, 6) is -0.324. The van der Waals surface area contributed by atoms with Gasteiger partial charge in [-0.15, -0.1) is 0 Å². The Morgan fingerprint density at radius 3 is 2.54 bits per heavy atom. The molecule has 26 heavy (non-hydrogen) atoms. The van der Waals surface area contributed by atoms with Crippen LogP contribution in [0.5, 0.6) is 11.5 Å². The van der Waals surface area contributed by atoms with Crippen LogP contribution in [0.2, 0.25) is 0 Å². The van der Waals surface area contributed by atoms with Crippen molar-refractivity contribution in [3.8, 4) is 11.5 Å². The zero-order valence-electron chi connectivity index (χ0n) is 14.3. The zero-order chi connectivity index (χ0) is 18.5. The summed E-state index contributed by atoms with van der Waals surface area (Å²) < 4.78 is 42.3. The van der Waals surface area contributed by atoms with Gasteiger partial charge in [0, 0.05) is 13.1 Å². The van der Waals surface area contributed by atoms with Gasteiger partial charge in [0.25, 0.3) is 5.91 Å². The normalized spacial score (nSPS) is 14.0. The minimum Gasteiger partial charge on any atom is -0.494 e. The molecule has 1 heterocycles. The van der Waals surface area contributed by atoms with Crippen molar-refractivity contribution in [3.63, 3.8) is 0 Å². The predicted octanol–water partition coefficient (Wildman–Crippen LogP) is 2.78. The Morgan fingerprint density at radius 2 is 1.88 bits per heavy atom. The summed E-state index contributed by atoms with van der Waals surface area (Å²) in [6, 6.07) is 10.1. The Morgan fingerprint density at radius 1 is 1.15 bits per heavy atom. The van der Waals surface area contributed by atoms with Crippen molar-refractivity contribution in [2.24, 2.45) is 0 Å². The summed E-state index contributed by atoms with van der Waals surface area (Å²) in [4.78, 5) is 13.6. The van der Waals surface area contributed by atoms with Crippen molar-refractivity contribution in [2.45, 2.75) is 12.7 Å². The molecular weight excluding hydrogens is 344 g/mol. The van der Waals surface area contributed by atoms with Crippen molar-refractivity contribution in [2.75, 3.05) is 26.8 Å². The largest absolute Gasteiger partial charge is 0.494 e. The van der Waals surface area contributed by atoms with E-state index in [1.165, 1.54) is 37.4 Å². The fraction of sp³-hybridized carbons (Fsp3) is 0.316. The van der Waals surface area contributed by atoms with E-state index in [0.717, 1.165) is 0 Å². The average molecular weight is 363 g/mol. The van der Waals surface area contributed by atoms with Gasteiger partial charge in [0.1, 0.15) is 11.6 Å². The van der Waals surface area contributed by atoms with E-state index in [-0.39, 0.29) is 36.8 Å². The number of hydrogen-bond acceptors (Lipinski definition) is 4. The standard InChI is InChI=1S/C19H19F2NO4/c1-24-18-7-2-13(8-17(18)21)11-25-16-9-22(10-16)19(23)12-26-15-5-3-14(20)4-6-15/h2-8,16H,9-12H2,1H3.